The van der Waals surface area contributed by atoms with Gasteiger partial charge in [-0.15, -0.1) is 0 Å². The van der Waals surface area contributed by atoms with Gasteiger partial charge in [-0.25, -0.2) is 0 Å². The van der Waals surface area contributed by atoms with Crippen LogP contribution in [-0.2, 0) is 0 Å². The van der Waals surface area contributed by atoms with E-state index in [2.05, 4.69) is 52.0 Å². The van der Waals surface area contributed by atoms with Crippen LogP contribution in [0.3, 0.4) is 0 Å². The van der Waals surface area contributed by atoms with Gasteiger partial charge in [0.05, 0.1) is 5.76 Å². The fourth-order valence-electron chi connectivity index (χ4n) is 3.00. The van der Waals surface area contributed by atoms with Gasteiger partial charge >= 0.3 is 0 Å². The molecule has 104 valence electrons. The molecule has 1 atom stereocenters. The van der Waals surface area contributed by atoms with E-state index in [0.717, 1.165) is 12.8 Å². The van der Waals surface area contributed by atoms with E-state index in [-0.39, 0.29) is 0 Å². The molecule has 1 aliphatic rings. The van der Waals surface area contributed by atoms with Gasteiger partial charge in [0.1, 0.15) is 0 Å². The normalized spacial score (nSPS) is 20.4. The molecule has 0 saturated carbocycles. The molecule has 1 aromatic carbocycles. The largest absolute Gasteiger partial charge is 0.512 e. The summed E-state index contributed by atoms with van der Waals surface area (Å²) in [6.07, 6.45) is 3.02. The van der Waals surface area contributed by atoms with E-state index in [9.17, 15) is 5.11 Å². The first-order valence-electron chi connectivity index (χ1n) is 7.49. The molecular formula is C18H26O. The van der Waals surface area contributed by atoms with E-state index in [1.54, 1.807) is 0 Å². The van der Waals surface area contributed by atoms with E-state index in [4.69, 9.17) is 0 Å². The lowest BCUT2D eigenvalue weighted by Gasteiger charge is -2.26. The molecule has 0 radical (unpaired) electrons. The van der Waals surface area contributed by atoms with Crippen LogP contribution in [0.15, 0.2) is 35.6 Å². The molecular weight excluding hydrogens is 232 g/mol. The molecule has 0 spiro atoms. The molecule has 0 bridgehead atoms. The highest BCUT2D eigenvalue weighted by molar-refractivity contribution is 5.30. The summed E-state index contributed by atoms with van der Waals surface area (Å²) in [4.78, 5) is 0. The monoisotopic (exact) mass is 258 g/mol. The minimum absolute atomic E-state index is 0.476. The summed E-state index contributed by atoms with van der Waals surface area (Å²) < 4.78 is 0. The lowest BCUT2D eigenvalue weighted by molar-refractivity contribution is 0.332. The Morgan fingerprint density at radius 2 is 1.63 bits per heavy atom. The van der Waals surface area contributed by atoms with Gasteiger partial charge < -0.3 is 5.11 Å². The SMILES string of the molecule is CC(C)C1=C(O)CC(c2ccc(C(C)C)cc2)CC1. The van der Waals surface area contributed by atoms with Gasteiger partial charge in [0.25, 0.3) is 0 Å². The molecule has 2 rings (SSSR count). The van der Waals surface area contributed by atoms with Crippen LogP contribution in [0.25, 0.3) is 0 Å². The molecule has 19 heavy (non-hydrogen) atoms. The third-order valence-electron chi connectivity index (χ3n) is 4.34. The second-order valence-corrected chi connectivity index (χ2v) is 6.39. The van der Waals surface area contributed by atoms with Crippen LogP contribution in [-0.4, -0.2) is 5.11 Å². The molecule has 1 aliphatic carbocycles. The van der Waals surface area contributed by atoms with Gasteiger partial charge in [-0.3, -0.25) is 0 Å². The number of hydrogen-bond acceptors (Lipinski definition) is 1. The maximum Gasteiger partial charge on any atom is 0.0923 e. The Morgan fingerprint density at radius 1 is 1.00 bits per heavy atom. The van der Waals surface area contributed by atoms with Gasteiger partial charge in [-0.1, -0.05) is 52.0 Å². The number of aliphatic hydroxyl groups is 1. The van der Waals surface area contributed by atoms with Crippen molar-refractivity contribution in [3.63, 3.8) is 0 Å². The molecule has 1 N–H and O–H groups in total. The summed E-state index contributed by atoms with van der Waals surface area (Å²) in [5.74, 6) is 2.19. The van der Waals surface area contributed by atoms with E-state index in [0.29, 0.717) is 23.5 Å². The molecule has 0 aliphatic heterocycles. The highest BCUT2D eigenvalue weighted by Crippen LogP contribution is 2.38. The van der Waals surface area contributed by atoms with Crippen molar-refractivity contribution in [3.8, 4) is 0 Å². The predicted octanol–water partition coefficient (Wildman–Crippen LogP) is 5.55. The molecule has 1 aromatic rings. The van der Waals surface area contributed by atoms with Gasteiger partial charge in [0.2, 0.25) is 0 Å². The predicted molar refractivity (Wildman–Crippen MR) is 81.6 cm³/mol. The Balaban J connectivity index is 2.13. The fraction of sp³-hybridized carbons (Fsp3) is 0.556. The molecule has 0 heterocycles. The van der Waals surface area contributed by atoms with E-state index in [1.165, 1.54) is 23.1 Å². The lowest BCUT2D eigenvalue weighted by Crippen LogP contribution is -2.12. The van der Waals surface area contributed by atoms with Crippen LogP contribution < -0.4 is 0 Å². The van der Waals surface area contributed by atoms with Crippen molar-refractivity contribution in [1.82, 2.24) is 0 Å². The highest BCUT2D eigenvalue weighted by atomic mass is 16.3. The summed E-state index contributed by atoms with van der Waals surface area (Å²) >= 11 is 0. The Hall–Kier alpha value is -1.24. The number of hydrogen-bond donors (Lipinski definition) is 1. The zero-order chi connectivity index (χ0) is 14.0. The van der Waals surface area contributed by atoms with Crippen molar-refractivity contribution in [2.24, 2.45) is 5.92 Å². The van der Waals surface area contributed by atoms with Gasteiger partial charge in [0, 0.05) is 6.42 Å². The summed E-state index contributed by atoms with van der Waals surface area (Å²) in [6, 6.07) is 8.96. The molecule has 0 amide bonds. The standard InChI is InChI=1S/C18H26O/c1-12(2)14-5-7-15(8-6-14)16-9-10-17(13(3)4)18(19)11-16/h5-8,12-13,16,19H,9-11H2,1-4H3. The number of benzene rings is 1. The lowest BCUT2D eigenvalue weighted by atomic mass is 9.80. The summed E-state index contributed by atoms with van der Waals surface area (Å²) in [7, 11) is 0. The topological polar surface area (TPSA) is 20.2 Å². The third-order valence-corrected chi connectivity index (χ3v) is 4.34. The van der Waals surface area contributed by atoms with Gasteiger partial charge in [-0.2, -0.15) is 0 Å². The van der Waals surface area contributed by atoms with E-state index in [1.807, 2.05) is 0 Å². The molecule has 0 fully saturated rings. The number of rotatable bonds is 3. The minimum Gasteiger partial charge on any atom is -0.512 e. The summed E-state index contributed by atoms with van der Waals surface area (Å²) in [5.41, 5.74) is 4.02. The third kappa shape index (κ3) is 3.20. The molecule has 1 heteroatoms. The van der Waals surface area contributed by atoms with Crippen molar-refractivity contribution < 1.29 is 5.11 Å². The fourth-order valence-corrected chi connectivity index (χ4v) is 3.00. The second kappa shape index (κ2) is 5.81. The number of allylic oxidation sites excluding steroid dienone is 2. The smallest absolute Gasteiger partial charge is 0.0923 e. The summed E-state index contributed by atoms with van der Waals surface area (Å²) in [5, 5.41) is 10.2. The molecule has 0 aromatic heterocycles. The van der Waals surface area contributed by atoms with Crippen LogP contribution >= 0.6 is 0 Å². The summed E-state index contributed by atoms with van der Waals surface area (Å²) in [6.45, 7) is 8.78. The van der Waals surface area contributed by atoms with Gasteiger partial charge in [0.15, 0.2) is 0 Å². The van der Waals surface area contributed by atoms with Crippen LogP contribution in [0.4, 0.5) is 0 Å². The Labute approximate surface area is 117 Å². The van der Waals surface area contributed by atoms with E-state index < -0.39 is 0 Å². The van der Waals surface area contributed by atoms with E-state index >= 15 is 0 Å². The highest BCUT2D eigenvalue weighted by Gasteiger charge is 2.23. The molecule has 0 saturated heterocycles. The average molecular weight is 258 g/mol. The Bertz CT molecular complexity index is 451. The molecule has 1 unspecified atom stereocenters. The van der Waals surface area contributed by atoms with Crippen LogP contribution in [0.5, 0.6) is 0 Å². The first-order chi connectivity index (χ1) is 8.99. The van der Waals surface area contributed by atoms with Crippen LogP contribution in [0.1, 0.15) is 69.9 Å². The van der Waals surface area contributed by atoms with Gasteiger partial charge in [-0.05, 0) is 47.3 Å². The molecule has 1 nitrogen and oxygen atoms in total. The van der Waals surface area contributed by atoms with Crippen LogP contribution in [0.2, 0.25) is 0 Å². The van der Waals surface area contributed by atoms with Crippen molar-refractivity contribution in [2.45, 2.75) is 58.8 Å². The minimum atomic E-state index is 0.476. The zero-order valence-corrected chi connectivity index (χ0v) is 12.6. The van der Waals surface area contributed by atoms with Crippen molar-refractivity contribution in [2.75, 3.05) is 0 Å². The van der Waals surface area contributed by atoms with Crippen molar-refractivity contribution in [3.05, 3.63) is 46.7 Å². The zero-order valence-electron chi connectivity index (χ0n) is 12.6. The maximum atomic E-state index is 10.2. The van der Waals surface area contributed by atoms with Crippen molar-refractivity contribution >= 4 is 0 Å². The first-order valence-corrected chi connectivity index (χ1v) is 7.49. The number of aliphatic hydroxyl groups excluding tert-OH is 1. The van der Waals surface area contributed by atoms with Crippen LogP contribution in [0, 0.1) is 5.92 Å². The Kier molecular flexibility index (Phi) is 4.34. The van der Waals surface area contributed by atoms with Crippen molar-refractivity contribution in [1.29, 1.82) is 0 Å². The second-order valence-electron chi connectivity index (χ2n) is 6.39. The maximum absolute atomic E-state index is 10.2. The first kappa shape index (κ1) is 14.2. The average Bonchev–Trinajstić information content (AvgIpc) is 2.38. The quantitative estimate of drug-likeness (QED) is 0.754. The Morgan fingerprint density at radius 3 is 2.11 bits per heavy atom.